The summed E-state index contributed by atoms with van der Waals surface area (Å²) in [7, 11) is 4.21. The van der Waals surface area contributed by atoms with Gasteiger partial charge in [-0.2, -0.15) is 4.31 Å². The minimum Gasteiger partial charge on any atom is -0.212 e. The molecule has 6 heteroatoms. The van der Waals surface area contributed by atoms with Crippen molar-refractivity contribution in [1.29, 1.82) is 0 Å². The lowest BCUT2D eigenvalue weighted by atomic mass is 9.70. The number of halogens is 1. The number of fused-ring (bicyclic) bond motifs is 2. The van der Waals surface area contributed by atoms with Gasteiger partial charge in [-0.15, -0.1) is 0 Å². The number of rotatable bonds is 6. The van der Waals surface area contributed by atoms with Crippen LogP contribution in [0.2, 0.25) is 0 Å². The van der Waals surface area contributed by atoms with Crippen LogP contribution in [0.1, 0.15) is 60.8 Å². The highest BCUT2D eigenvalue weighted by Crippen LogP contribution is 2.69. The summed E-state index contributed by atoms with van der Waals surface area (Å²) in [5.74, 6) is 0.843. The summed E-state index contributed by atoms with van der Waals surface area (Å²) in [5.41, 5.74) is -0.142. The zero-order valence-electron chi connectivity index (χ0n) is 14.6. The first-order valence-corrected chi connectivity index (χ1v) is 11.6. The molecule has 2 aliphatic carbocycles. The van der Waals surface area contributed by atoms with Crippen LogP contribution in [0.15, 0.2) is 0 Å². The molecule has 2 saturated carbocycles. The largest absolute Gasteiger partial charge is 0.215 e. The van der Waals surface area contributed by atoms with Crippen molar-refractivity contribution in [1.82, 2.24) is 4.31 Å². The van der Waals surface area contributed by atoms with E-state index < -0.39 is 10.0 Å². The molecule has 3 nitrogen and oxygen atoms in total. The third kappa shape index (κ3) is 2.74. The van der Waals surface area contributed by atoms with E-state index in [4.69, 9.17) is 10.7 Å². The average Bonchev–Trinajstić information content (AvgIpc) is 2.69. The van der Waals surface area contributed by atoms with Crippen LogP contribution in [-0.4, -0.2) is 35.8 Å². The second-order valence-electron chi connectivity index (χ2n) is 8.20. The lowest BCUT2D eigenvalue weighted by molar-refractivity contribution is 0.156. The van der Waals surface area contributed by atoms with Crippen molar-refractivity contribution in [3.8, 4) is 0 Å². The summed E-state index contributed by atoms with van der Waals surface area (Å²) in [6.07, 6.45) is 3.18. The molecule has 130 valence electrons. The molecule has 0 aromatic carbocycles. The Kier molecular flexibility index (Phi) is 5.26. The Bertz CT molecular complexity index is 510. The number of hydrogen-bond acceptors (Lipinski definition) is 3. The highest BCUT2D eigenvalue weighted by atomic mass is 35.7. The summed E-state index contributed by atoms with van der Waals surface area (Å²) in [6.45, 7) is 12.3. The Morgan fingerprint density at radius 1 is 1.23 bits per heavy atom. The lowest BCUT2D eigenvalue weighted by Crippen LogP contribution is -2.50. The molecule has 2 bridgehead atoms. The number of nitrogens with zero attached hydrogens (tertiary/aromatic N) is 1. The Morgan fingerprint density at radius 3 is 2.18 bits per heavy atom. The van der Waals surface area contributed by atoms with Crippen molar-refractivity contribution < 1.29 is 8.42 Å². The smallest absolute Gasteiger partial charge is 0.212 e. The van der Waals surface area contributed by atoms with E-state index in [1.165, 1.54) is 11.0 Å². The van der Waals surface area contributed by atoms with Crippen LogP contribution in [0.5, 0.6) is 0 Å². The quantitative estimate of drug-likeness (QED) is 0.692. The summed E-state index contributed by atoms with van der Waals surface area (Å²) >= 11 is 0. The Balaban J connectivity index is 2.38. The van der Waals surface area contributed by atoms with Gasteiger partial charge in [-0.25, -0.2) is 8.42 Å². The number of sulfonamides is 1. The van der Waals surface area contributed by atoms with Gasteiger partial charge in [0.15, 0.2) is 0 Å². The Hall–Kier alpha value is 0.550. The van der Waals surface area contributed by atoms with E-state index in [1.807, 2.05) is 27.7 Å². The van der Waals surface area contributed by atoms with E-state index in [9.17, 15) is 8.42 Å². The van der Waals surface area contributed by atoms with E-state index in [0.717, 1.165) is 19.3 Å². The van der Waals surface area contributed by atoms with Crippen molar-refractivity contribution in [3.05, 3.63) is 0 Å². The molecule has 2 aliphatic rings. The van der Waals surface area contributed by atoms with E-state index in [0.29, 0.717) is 5.92 Å². The monoisotopic (exact) mass is 367 g/mol. The van der Waals surface area contributed by atoms with Gasteiger partial charge in [0.05, 0.1) is 5.75 Å². The van der Waals surface area contributed by atoms with Gasteiger partial charge >= 0.3 is 0 Å². The Labute approximate surface area is 145 Å². The highest BCUT2D eigenvalue weighted by molar-refractivity contribution is 8.21. The van der Waals surface area contributed by atoms with E-state index in [-0.39, 0.29) is 33.9 Å². The zero-order valence-corrected chi connectivity index (χ0v) is 17.0. The molecule has 3 atom stereocenters. The molecule has 0 spiro atoms. The molecule has 22 heavy (non-hydrogen) atoms. The number of hydrogen-bond donors (Lipinski definition) is 0. The summed E-state index contributed by atoms with van der Waals surface area (Å²) in [4.78, 5) is 0. The summed E-state index contributed by atoms with van der Waals surface area (Å²) in [6, 6.07) is -0.0181. The predicted molar refractivity (Wildman–Crippen MR) is 96.7 cm³/mol. The van der Waals surface area contributed by atoms with E-state index in [1.54, 1.807) is 4.31 Å². The van der Waals surface area contributed by atoms with Crippen LogP contribution in [0.3, 0.4) is 0 Å². The highest BCUT2D eigenvalue weighted by Gasteiger charge is 2.65. The first kappa shape index (κ1) is 18.9. The third-order valence-corrected chi connectivity index (χ3v) is 10.1. The molecular formula is C16H30ClNO2S2. The van der Waals surface area contributed by atoms with Gasteiger partial charge in [-0.05, 0) is 69.0 Å². The van der Waals surface area contributed by atoms with Crippen molar-refractivity contribution in [2.45, 2.75) is 78.1 Å². The minimum atomic E-state index is -3.30. The fourth-order valence-corrected chi connectivity index (χ4v) is 9.72. The molecule has 0 N–H and O–H groups in total. The fraction of sp³-hybridized carbons (Fsp3) is 1.00. The zero-order chi connectivity index (χ0) is 16.9. The second-order valence-corrected chi connectivity index (χ2v) is 11.4. The molecule has 0 radical (unpaired) electrons. The molecule has 0 aromatic heterocycles. The molecule has 0 saturated heterocycles. The SMILES string of the molecule is CC(C)N(C(C)C)S(=O)(=O)C[C@]12CC[C@H](C[C@H]1SCl)C2(C)C. The van der Waals surface area contributed by atoms with Gasteiger partial charge in [0, 0.05) is 22.7 Å². The molecule has 2 fully saturated rings. The minimum absolute atomic E-state index is 0.00906. The first-order chi connectivity index (χ1) is 9.99. The molecule has 0 heterocycles. The predicted octanol–water partition coefficient (Wildman–Crippen LogP) is 4.52. The van der Waals surface area contributed by atoms with Crippen molar-refractivity contribution in [2.75, 3.05) is 5.75 Å². The maximum Gasteiger partial charge on any atom is 0.215 e. The van der Waals surface area contributed by atoms with E-state index >= 15 is 0 Å². The lowest BCUT2D eigenvalue weighted by Gasteiger charge is -2.43. The van der Waals surface area contributed by atoms with Crippen LogP contribution >= 0.6 is 21.7 Å². The molecular weight excluding hydrogens is 338 g/mol. The molecule has 0 aromatic rings. The maximum absolute atomic E-state index is 13.2. The van der Waals surface area contributed by atoms with Gasteiger partial charge in [-0.3, -0.25) is 0 Å². The van der Waals surface area contributed by atoms with Gasteiger partial charge < -0.3 is 0 Å². The second kappa shape index (κ2) is 6.12. The van der Waals surface area contributed by atoms with Crippen LogP contribution in [0.4, 0.5) is 0 Å². The van der Waals surface area contributed by atoms with Gasteiger partial charge in [-0.1, -0.05) is 24.8 Å². The average molecular weight is 368 g/mol. The van der Waals surface area contributed by atoms with E-state index in [2.05, 4.69) is 13.8 Å². The molecule has 0 aliphatic heterocycles. The van der Waals surface area contributed by atoms with Crippen molar-refractivity contribution in [3.63, 3.8) is 0 Å². The standard InChI is InChI=1S/C16H30ClNO2S2/c1-11(2)18(12(3)4)22(19,20)10-16-8-7-13(15(16,5)6)9-14(16)21-17/h11-14H,7-10H2,1-6H3/t13-,14-,16-/m1/s1. The molecule has 2 rings (SSSR count). The van der Waals surface area contributed by atoms with Crippen LogP contribution in [0.25, 0.3) is 0 Å². The van der Waals surface area contributed by atoms with Gasteiger partial charge in [0.25, 0.3) is 0 Å². The Morgan fingerprint density at radius 2 is 1.77 bits per heavy atom. The third-order valence-electron chi connectivity index (χ3n) is 6.24. The summed E-state index contributed by atoms with van der Waals surface area (Å²) < 4.78 is 28.0. The first-order valence-electron chi connectivity index (χ1n) is 8.28. The van der Waals surface area contributed by atoms with Crippen LogP contribution in [0, 0.1) is 16.7 Å². The maximum atomic E-state index is 13.2. The fourth-order valence-electron chi connectivity index (χ4n) is 5.11. The van der Waals surface area contributed by atoms with Gasteiger partial charge in [0.2, 0.25) is 10.0 Å². The van der Waals surface area contributed by atoms with Crippen molar-refractivity contribution in [2.24, 2.45) is 16.7 Å². The topological polar surface area (TPSA) is 37.4 Å². The van der Waals surface area contributed by atoms with Crippen LogP contribution in [-0.2, 0) is 10.0 Å². The summed E-state index contributed by atoms with van der Waals surface area (Å²) in [5, 5.41) is 0.249. The van der Waals surface area contributed by atoms with Crippen LogP contribution < -0.4 is 0 Å². The molecule has 0 amide bonds. The normalized spacial score (nSPS) is 34.3. The van der Waals surface area contributed by atoms with Crippen molar-refractivity contribution >= 4 is 31.7 Å². The van der Waals surface area contributed by atoms with Gasteiger partial charge in [0.1, 0.15) is 0 Å². The molecule has 0 unspecified atom stereocenters.